The summed E-state index contributed by atoms with van der Waals surface area (Å²) in [6, 6.07) is 29.5. The maximum absolute atomic E-state index is 10.5. The van der Waals surface area contributed by atoms with Crippen LogP contribution >= 0.6 is 0 Å². The summed E-state index contributed by atoms with van der Waals surface area (Å²) in [7, 11) is 1.66. The minimum Gasteiger partial charge on any atom is -0.497 e. The molecule has 1 saturated heterocycles. The van der Waals surface area contributed by atoms with Crippen molar-refractivity contribution < 1.29 is 14.6 Å². The normalized spacial score (nSPS) is 16.1. The molecular weight excluding hydrogens is 412 g/mol. The Bertz CT molecular complexity index is 902. The summed E-state index contributed by atoms with van der Waals surface area (Å²) in [5, 5.41) is 10.5. The van der Waals surface area contributed by atoms with Crippen LogP contribution in [-0.2, 0) is 11.3 Å². The number of methoxy groups -OCH3 is 1. The molecule has 1 N–H and O–H groups in total. The van der Waals surface area contributed by atoms with Crippen LogP contribution in [0.3, 0.4) is 0 Å². The number of benzene rings is 3. The summed E-state index contributed by atoms with van der Waals surface area (Å²) in [5.41, 5.74) is 3.72. The Morgan fingerprint density at radius 3 is 1.91 bits per heavy atom. The zero-order valence-corrected chi connectivity index (χ0v) is 19.3. The van der Waals surface area contributed by atoms with Crippen LogP contribution in [0.2, 0.25) is 0 Å². The summed E-state index contributed by atoms with van der Waals surface area (Å²) in [6.07, 6.45) is -0.492. The third-order valence-corrected chi connectivity index (χ3v) is 6.21. The number of β-amino-alcohol motifs (C(OH)–C–C–N with tert-alkyl or cyclic N) is 1. The lowest BCUT2D eigenvalue weighted by molar-refractivity contribution is -0.000714. The first-order valence-corrected chi connectivity index (χ1v) is 11.7. The van der Waals surface area contributed by atoms with E-state index in [1.807, 2.05) is 24.3 Å². The molecule has 1 aliphatic heterocycles. The van der Waals surface area contributed by atoms with E-state index in [9.17, 15) is 5.11 Å². The summed E-state index contributed by atoms with van der Waals surface area (Å²) in [5.74, 6) is 0.833. The first kappa shape index (κ1) is 23.5. The molecule has 3 aromatic carbocycles. The van der Waals surface area contributed by atoms with Gasteiger partial charge in [-0.2, -0.15) is 0 Å². The predicted molar refractivity (Wildman–Crippen MR) is 131 cm³/mol. The molecule has 0 bridgehead atoms. The topological polar surface area (TPSA) is 45.2 Å². The van der Waals surface area contributed by atoms with Gasteiger partial charge < -0.3 is 14.6 Å². The highest BCUT2D eigenvalue weighted by Gasteiger charge is 2.27. The molecule has 5 heteroatoms. The lowest BCUT2D eigenvalue weighted by Crippen LogP contribution is -2.50. The molecule has 0 aromatic heterocycles. The van der Waals surface area contributed by atoms with E-state index in [4.69, 9.17) is 9.47 Å². The first-order chi connectivity index (χ1) is 16.2. The van der Waals surface area contributed by atoms with Gasteiger partial charge in [-0.1, -0.05) is 72.8 Å². The molecule has 4 rings (SSSR count). The number of hydrogen-bond acceptors (Lipinski definition) is 5. The fourth-order valence-electron chi connectivity index (χ4n) is 4.47. The minimum atomic E-state index is -0.492. The van der Waals surface area contributed by atoms with Crippen molar-refractivity contribution in [2.24, 2.45) is 0 Å². The standard InChI is InChI=1S/C28H34N2O3/c1-32-27-14-12-23(13-15-27)21-33-22-26(31)20-29-16-18-30(19-17-29)28(24-8-4-2-5-9-24)25-10-6-3-7-11-25/h2-15,26,28,31H,16-22H2,1H3/t26-/m1/s1. The molecule has 33 heavy (non-hydrogen) atoms. The van der Waals surface area contributed by atoms with E-state index in [0.29, 0.717) is 19.8 Å². The number of nitrogens with zero attached hydrogens (tertiary/aromatic N) is 2. The first-order valence-electron chi connectivity index (χ1n) is 11.7. The van der Waals surface area contributed by atoms with Crippen LogP contribution in [0.5, 0.6) is 5.75 Å². The molecule has 3 aromatic rings. The van der Waals surface area contributed by atoms with Gasteiger partial charge in [-0.15, -0.1) is 0 Å². The van der Waals surface area contributed by atoms with Gasteiger partial charge in [0.25, 0.3) is 0 Å². The molecular formula is C28H34N2O3. The summed E-state index contributed by atoms with van der Waals surface area (Å²) in [4.78, 5) is 4.89. The lowest BCUT2D eigenvalue weighted by atomic mass is 9.96. The smallest absolute Gasteiger partial charge is 0.118 e. The highest BCUT2D eigenvalue weighted by molar-refractivity contribution is 5.32. The van der Waals surface area contributed by atoms with Gasteiger partial charge in [0.15, 0.2) is 0 Å². The van der Waals surface area contributed by atoms with Crippen molar-refractivity contribution >= 4 is 0 Å². The molecule has 0 radical (unpaired) electrons. The fourth-order valence-corrected chi connectivity index (χ4v) is 4.47. The predicted octanol–water partition coefficient (Wildman–Crippen LogP) is 3.98. The van der Waals surface area contributed by atoms with Crippen LogP contribution in [-0.4, -0.2) is 67.5 Å². The minimum absolute atomic E-state index is 0.257. The van der Waals surface area contributed by atoms with E-state index in [0.717, 1.165) is 37.5 Å². The third kappa shape index (κ3) is 6.65. The SMILES string of the molecule is COc1ccc(COC[C@H](O)CN2CCN(C(c3ccccc3)c3ccccc3)CC2)cc1. The number of hydrogen-bond donors (Lipinski definition) is 1. The van der Waals surface area contributed by atoms with Crippen molar-refractivity contribution in [2.45, 2.75) is 18.8 Å². The average molecular weight is 447 g/mol. The van der Waals surface area contributed by atoms with E-state index in [1.165, 1.54) is 11.1 Å². The van der Waals surface area contributed by atoms with E-state index >= 15 is 0 Å². The van der Waals surface area contributed by atoms with Crippen LogP contribution in [0.15, 0.2) is 84.9 Å². The Morgan fingerprint density at radius 2 is 1.36 bits per heavy atom. The Balaban J connectivity index is 1.26. The molecule has 0 amide bonds. The zero-order valence-electron chi connectivity index (χ0n) is 19.3. The number of aliphatic hydroxyl groups is 1. The lowest BCUT2D eigenvalue weighted by Gasteiger charge is -2.40. The van der Waals surface area contributed by atoms with Crippen LogP contribution in [0.1, 0.15) is 22.7 Å². The fraction of sp³-hybridized carbons (Fsp3) is 0.357. The van der Waals surface area contributed by atoms with Gasteiger partial charge in [0.1, 0.15) is 5.75 Å². The number of rotatable bonds is 10. The molecule has 0 spiro atoms. The second kappa shape index (κ2) is 12.0. The van der Waals surface area contributed by atoms with Crippen molar-refractivity contribution in [3.8, 4) is 5.75 Å². The Morgan fingerprint density at radius 1 is 0.788 bits per heavy atom. The highest BCUT2D eigenvalue weighted by atomic mass is 16.5. The molecule has 5 nitrogen and oxygen atoms in total. The second-order valence-corrected chi connectivity index (χ2v) is 8.58. The average Bonchev–Trinajstić information content (AvgIpc) is 2.87. The zero-order chi connectivity index (χ0) is 22.9. The number of piperazine rings is 1. The van der Waals surface area contributed by atoms with Crippen LogP contribution in [0, 0.1) is 0 Å². The molecule has 1 heterocycles. The van der Waals surface area contributed by atoms with Crippen molar-refractivity contribution in [3.63, 3.8) is 0 Å². The summed E-state index contributed by atoms with van der Waals surface area (Å²) in [6.45, 7) is 5.27. The Hall–Kier alpha value is -2.70. The van der Waals surface area contributed by atoms with Gasteiger partial charge in [0, 0.05) is 32.7 Å². The molecule has 0 saturated carbocycles. The second-order valence-electron chi connectivity index (χ2n) is 8.58. The van der Waals surface area contributed by atoms with E-state index in [1.54, 1.807) is 7.11 Å². The van der Waals surface area contributed by atoms with Gasteiger partial charge in [-0.05, 0) is 28.8 Å². The van der Waals surface area contributed by atoms with Gasteiger partial charge in [0.2, 0.25) is 0 Å². The van der Waals surface area contributed by atoms with Crippen molar-refractivity contribution in [1.82, 2.24) is 9.80 Å². The molecule has 0 unspecified atom stereocenters. The molecule has 1 aliphatic rings. The van der Waals surface area contributed by atoms with E-state index < -0.39 is 6.10 Å². The quantitative estimate of drug-likeness (QED) is 0.510. The van der Waals surface area contributed by atoms with Crippen LogP contribution < -0.4 is 4.74 Å². The maximum atomic E-state index is 10.5. The molecule has 1 fully saturated rings. The Labute approximate surface area is 197 Å². The van der Waals surface area contributed by atoms with Crippen molar-refractivity contribution in [2.75, 3.05) is 46.4 Å². The van der Waals surface area contributed by atoms with E-state index in [2.05, 4.69) is 70.5 Å². The molecule has 174 valence electrons. The maximum Gasteiger partial charge on any atom is 0.118 e. The van der Waals surface area contributed by atoms with Crippen molar-refractivity contribution in [3.05, 3.63) is 102 Å². The largest absolute Gasteiger partial charge is 0.497 e. The monoisotopic (exact) mass is 446 g/mol. The third-order valence-electron chi connectivity index (χ3n) is 6.21. The summed E-state index contributed by atoms with van der Waals surface area (Å²) >= 11 is 0. The van der Waals surface area contributed by atoms with Crippen LogP contribution in [0.25, 0.3) is 0 Å². The number of ether oxygens (including phenoxy) is 2. The summed E-state index contributed by atoms with van der Waals surface area (Å²) < 4.78 is 10.9. The Kier molecular flexibility index (Phi) is 8.50. The molecule has 1 atom stereocenters. The van der Waals surface area contributed by atoms with E-state index in [-0.39, 0.29) is 6.04 Å². The number of aliphatic hydroxyl groups excluding tert-OH is 1. The molecule has 0 aliphatic carbocycles. The van der Waals surface area contributed by atoms with Gasteiger partial charge in [-0.25, -0.2) is 0 Å². The van der Waals surface area contributed by atoms with Gasteiger partial charge >= 0.3 is 0 Å². The van der Waals surface area contributed by atoms with Crippen LogP contribution in [0.4, 0.5) is 0 Å². The van der Waals surface area contributed by atoms with Gasteiger partial charge in [-0.3, -0.25) is 9.80 Å². The van der Waals surface area contributed by atoms with Gasteiger partial charge in [0.05, 0.1) is 32.5 Å². The van der Waals surface area contributed by atoms with Crippen molar-refractivity contribution in [1.29, 1.82) is 0 Å². The highest BCUT2D eigenvalue weighted by Crippen LogP contribution is 2.29.